The Balaban J connectivity index is 1.89. The molecule has 0 spiro atoms. The Morgan fingerprint density at radius 3 is 2.73 bits per heavy atom. The number of hydrogen-bond donors (Lipinski definition) is 0. The van der Waals surface area contributed by atoms with E-state index < -0.39 is 10.0 Å². The number of amides is 1. The van der Waals surface area contributed by atoms with Crippen LogP contribution in [0.5, 0.6) is 0 Å². The molecule has 26 heavy (non-hydrogen) atoms. The highest BCUT2D eigenvalue weighted by molar-refractivity contribution is 7.93. The molecular weight excluding hydrogens is 370 g/mol. The summed E-state index contributed by atoms with van der Waals surface area (Å²) >= 11 is 1.21. The van der Waals surface area contributed by atoms with E-state index in [4.69, 9.17) is 0 Å². The van der Waals surface area contributed by atoms with Gasteiger partial charge in [0.15, 0.2) is 5.13 Å². The molecule has 1 aliphatic heterocycles. The molecule has 8 heteroatoms. The van der Waals surface area contributed by atoms with Gasteiger partial charge in [-0.3, -0.25) is 4.79 Å². The van der Waals surface area contributed by atoms with Crippen LogP contribution in [0.25, 0.3) is 0 Å². The third kappa shape index (κ3) is 3.91. The topological polar surface area (TPSA) is 70.6 Å². The fourth-order valence-corrected chi connectivity index (χ4v) is 5.54. The number of hydrogen-bond acceptors (Lipinski definition) is 5. The van der Waals surface area contributed by atoms with E-state index in [9.17, 15) is 13.2 Å². The maximum atomic E-state index is 13.1. The van der Waals surface area contributed by atoms with E-state index in [1.807, 2.05) is 4.90 Å². The molecule has 1 atom stereocenters. The third-order valence-corrected chi connectivity index (χ3v) is 7.32. The van der Waals surface area contributed by atoms with Gasteiger partial charge in [0.25, 0.3) is 10.0 Å². The number of aromatic nitrogens is 1. The van der Waals surface area contributed by atoms with Crippen LogP contribution in [0, 0.1) is 0 Å². The van der Waals surface area contributed by atoms with Crippen molar-refractivity contribution in [3.63, 3.8) is 0 Å². The van der Waals surface area contributed by atoms with E-state index >= 15 is 0 Å². The van der Waals surface area contributed by atoms with Crippen LogP contribution >= 0.6 is 11.3 Å². The largest absolute Gasteiger partial charge is 0.338 e. The number of benzene rings is 1. The lowest BCUT2D eigenvalue weighted by Crippen LogP contribution is -2.49. The second-order valence-corrected chi connectivity index (χ2v) is 9.02. The standard InChI is InChI=1S/C18H23N3O3S2/c1-2-15-8-6-7-12-20(15)17(22)14-21(18-19-11-13-25-18)26(23,24)16-9-4-3-5-10-16/h3-5,9-11,13,15H,2,6-8,12,14H2,1H3. The predicted octanol–water partition coefficient (Wildman–Crippen LogP) is 3.13. The molecule has 1 amide bonds. The van der Waals surface area contributed by atoms with Gasteiger partial charge >= 0.3 is 0 Å². The summed E-state index contributed by atoms with van der Waals surface area (Å²) in [5.41, 5.74) is 0. The molecule has 2 aromatic rings. The van der Waals surface area contributed by atoms with E-state index in [2.05, 4.69) is 11.9 Å². The molecule has 3 rings (SSSR count). The Morgan fingerprint density at radius 1 is 1.31 bits per heavy atom. The number of sulfonamides is 1. The fourth-order valence-electron chi connectivity index (χ4n) is 3.28. The highest BCUT2D eigenvalue weighted by Crippen LogP contribution is 2.27. The van der Waals surface area contributed by atoms with Gasteiger partial charge < -0.3 is 4.90 Å². The number of carbonyl (C=O) groups excluding carboxylic acids is 1. The van der Waals surface area contributed by atoms with Gasteiger partial charge in [-0.25, -0.2) is 17.7 Å². The number of carbonyl (C=O) groups is 1. The lowest BCUT2D eigenvalue weighted by molar-refractivity contribution is -0.133. The monoisotopic (exact) mass is 393 g/mol. The van der Waals surface area contributed by atoms with E-state index in [0.29, 0.717) is 11.7 Å². The van der Waals surface area contributed by atoms with Crippen LogP contribution in [-0.4, -0.2) is 43.3 Å². The fraction of sp³-hybridized carbons (Fsp3) is 0.444. The van der Waals surface area contributed by atoms with Crippen molar-refractivity contribution in [2.45, 2.75) is 43.5 Å². The van der Waals surface area contributed by atoms with Crippen LogP contribution in [-0.2, 0) is 14.8 Å². The zero-order valence-electron chi connectivity index (χ0n) is 14.7. The summed E-state index contributed by atoms with van der Waals surface area (Å²) in [7, 11) is -3.85. The zero-order chi connectivity index (χ0) is 18.6. The lowest BCUT2D eigenvalue weighted by atomic mass is 10.00. The van der Waals surface area contributed by atoms with E-state index in [-0.39, 0.29) is 23.4 Å². The summed E-state index contributed by atoms with van der Waals surface area (Å²) in [5.74, 6) is -0.161. The lowest BCUT2D eigenvalue weighted by Gasteiger charge is -2.36. The molecule has 6 nitrogen and oxygen atoms in total. The van der Waals surface area contributed by atoms with E-state index in [1.165, 1.54) is 23.5 Å². The van der Waals surface area contributed by atoms with Gasteiger partial charge in [0.2, 0.25) is 5.91 Å². The van der Waals surface area contributed by atoms with Crippen molar-refractivity contribution in [1.82, 2.24) is 9.88 Å². The molecule has 1 unspecified atom stereocenters. The minimum absolute atomic E-state index is 0.161. The number of thiazole rings is 1. The Bertz CT molecular complexity index is 823. The smallest absolute Gasteiger partial charge is 0.266 e. The van der Waals surface area contributed by atoms with E-state index in [1.54, 1.807) is 29.8 Å². The molecule has 140 valence electrons. The van der Waals surface area contributed by atoms with Gasteiger partial charge in [-0.05, 0) is 37.8 Å². The van der Waals surface area contributed by atoms with Crippen molar-refractivity contribution in [2.75, 3.05) is 17.4 Å². The van der Waals surface area contributed by atoms with Crippen molar-refractivity contribution in [3.8, 4) is 0 Å². The summed E-state index contributed by atoms with van der Waals surface area (Å²) in [6.07, 6.45) is 5.48. The van der Waals surface area contributed by atoms with Crippen LogP contribution in [0.4, 0.5) is 5.13 Å². The Hall–Kier alpha value is -1.93. The van der Waals surface area contributed by atoms with Gasteiger partial charge in [-0.1, -0.05) is 25.1 Å². The number of nitrogens with zero attached hydrogens (tertiary/aromatic N) is 3. The van der Waals surface area contributed by atoms with Crippen molar-refractivity contribution in [3.05, 3.63) is 41.9 Å². The highest BCUT2D eigenvalue weighted by Gasteiger charge is 2.32. The van der Waals surface area contributed by atoms with Crippen LogP contribution in [0.1, 0.15) is 32.6 Å². The molecule has 0 saturated carbocycles. The van der Waals surface area contributed by atoms with Gasteiger partial charge in [0, 0.05) is 24.2 Å². The van der Waals surface area contributed by atoms with Crippen LogP contribution < -0.4 is 4.31 Å². The summed E-state index contributed by atoms with van der Waals surface area (Å²) in [4.78, 5) is 19.1. The molecular formula is C18H23N3O3S2. The second-order valence-electron chi connectivity index (χ2n) is 6.28. The molecule has 1 fully saturated rings. The van der Waals surface area contributed by atoms with Gasteiger partial charge in [-0.15, -0.1) is 11.3 Å². The maximum Gasteiger partial charge on any atom is 0.266 e. The Kier molecular flexibility index (Phi) is 5.93. The molecule has 0 radical (unpaired) electrons. The Labute approximate surface area is 158 Å². The van der Waals surface area contributed by atoms with Crippen molar-refractivity contribution >= 4 is 32.4 Å². The van der Waals surface area contributed by atoms with Gasteiger partial charge in [0.1, 0.15) is 6.54 Å². The number of piperidine rings is 1. The molecule has 0 aliphatic carbocycles. The van der Waals surface area contributed by atoms with Gasteiger partial charge in [0.05, 0.1) is 4.90 Å². The van der Waals surface area contributed by atoms with Crippen LogP contribution in [0.2, 0.25) is 0 Å². The molecule has 1 aliphatic rings. The minimum Gasteiger partial charge on any atom is -0.338 e. The first-order valence-corrected chi connectivity index (χ1v) is 11.1. The van der Waals surface area contributed by atoms with Crippen molar-refractivity contribution < 1.29 is 13.2 Å². The second kappa shape index (κ2) is 8.18. The minimum atomic E-state index is -3.85. The molecule has 0 bridgehead atoms. The predicted molar refractivity (Wildman–Crippen MR) is 103 cm³/mol. The summed E-state index contributed by atoms with van der Waals surface area (Å²) in [6.45, 7) is 2.53. The van der Waals surface area contributed by atoms with Crippen molar-refractivity contribution in [2.24, 2.45) is 0 Å². The first-order valence-electron chi connectivity index (χ1n) is 8.80. The quantitative estimate of drug-likeness (QED) is 0.756. The molecule has 0 N–H and O–H groups in total. The average Bonchev–Trinajstić information content (AvgIpc) is 3.20. The van der Waals surface area contributed by atoms with Crippen LogP contribution in [0.15, 0.2) is 46.8 Å². The summed E-state index contributed by atoms with van der Waals surface area (Å²) < 4.78 is 27.4. The first-order chi connectivity index (χ1) is 12.5. The third-order valence-electron chi connectivity index (χ3n) is 4.66. The maximum absolute atomic E-state index is 13.1. The van der Waals surface area contributed by atoms with Crippen LogP contribution in [0.3, 0.4) is 0 Å². The van der Waals surface area contributed by atoms with Gasteiger partial charge in [-0.2, -0.15) is 0 Å². The number of likely N-dealkylation sites (tertiary alicyclic amines) is 1. The number of anilines is 1. The van der Waals surface area contributed by atoms with Crippen molar-refractivity contribution in [1.29, 1.82) is 0 Å². The number of rotatable bonds is 6. The molecule has 1 aromatic carbocycles. The highest BCUT2D eigenvalue weighted by atomic mass is 32.2. The zero-order valence-corrected chi connectivity index (χ0v) is 16.4. The molecule has 1 aromatic heterocycles. The molecule has 1 saturated heterocycles. The summed E-state index contributed by atoms with van der Waals surface area (Å²) in [5, 5.41) is 2.02. The normalized spacial score (nSPS) is 17.9. The molecule has 2 heterocycles. The van der Waals surface area contributed by atoms with E-state index in [0.717, 1.165) is 30.0 Å². The first kappa shape index (κ1) is 18.8. The SMILES string of the molecule is CCC1CCCCN1C(=O)CN(c1nccs1)S(=O)(=O)c1ccccc1. The average molecular weight is 394 g/mol. The Morgan fingerprint density at radius 2 is 2.08 bits per heavy atom. The summed E-state index contributed by atoms with van der Waals surface area (Å²) in [6, 6.07) is 8.37.